The van der Waals surface area contributed by atoms with Gasteiger partial charge < -0.3 is 29.6 Å². The van der Waals surface area contributed by atoms with Crippen molar-refractivity contribution in [1.29, 1.82) is 0 Å². The molecule has 1 heterocycles. The first-order valence-electron chi connectivity index (χ1n) is 14.0. The van der Waals surface area contributed by atoms with Gasteiger partial charge in [0.05, 0.1) is 31.0 Å². The summed E-state index contributed by atoms with van der Waals surface area (Å²) in [5.74, 6) is 0.455. The van der Waals surface area contributed by atoms with Gasteiger partial charge in [-0.05, 0) is 75.0 Å². The standard InChI is InChI=1S/C32H32Cl2N4O6S/c1-4-41-27-14-20(10-13-26(27)43-17-21-11-12-22(33)15-24(21)34)16-35-38-28(39)18-44-25-9-7-6-8-23(25)30-29(31(40)42-5-2)19(3)36-32(45)37-30/h6-16,30H,4-5,17-18H2,1-3H3,(H,38,39)(H2,36,37,45)/t30-/m0/s1. The fourth-order valence-electron chi connectivity index (χ4n) is 4.40. The average Bonchev–Trinajstić information content (AvgIpc) is 3.00. The average molecular weight is 672 g/mol. The molecule has 1 amide bonds. The Morgan fingerprint density at radius 1 is 0.978 bits per heavy atom. The van der Waals surface area contributed by atoms with Gasteiger partial charge in [-0.25, -0.2) is 10.2 Å². The highest BCUT2D eigenvalue weighted by Crippen LogP contribution is 2.34. The molecule has 3 aromatic rings. The van der Waals surface area contributed by atoms with E-state index in [0.29, 0.717) is 61.4 Å². The molecular formula is C32H32Cl2N4O6S. The van der Waals surface area contributed by atoms with Crippen molar-refractivity contribution in [2.75, 3.05) is 19.8 Å². The molecule has 1 aliphatic heterocycles. The second kappa shape index (κ2) is 16.1. The SMILES string of the molecule is CCOC(=O)C1=C(C)NC(=S)N[C@H]1c1ccccc1OCC(=O)NN=Cc1ccc(OCc2ccc(Cl)cc2Cl)c(OCC)c1. The van der Waals surface area contributed by atoms with E-state index in [1.54, 1.807) is 74.5 Å². The Balaban J connectivity index is 1.38. The van der Waals surface area contributed by atoms with Crippen LogP contribution in [0.4, 0.5) is 0 Å². The van der Waals surface area contributed by atoms with Gasteiger partial charge in [-0.3, -0.25) is 4.79 Å². The maximum absolute atomic E-state index is 12.8. The van der Waals surface area contributed by atoms with Crippen molar-refractivity contribution < 1.29 is 28.5 Å². The number of carbonyl (C=O) groups excluding carboxylic acids is 2. The molecule has 1 aliphatic rings. The van der Waals surface area contributed by atoms with Gasteiger partial charge in [-0.2, -0.15) is 5.10 Å². The van der Waals surface area contributed by atoms with E-state index < -0.39 is 17.9 Å². The fraction of sp³-hybridized carbons (Fsp3) is 0.250. The third kappa shape index (κ3) is 9.10. The molecule has 3 N–H and O–H groups in total. The fourth-order valence-corrected chi connectivity index (χ4v) is 5.13. The van der Waals surface area contributed by atoms with Crippen molar-refractivity contribution in [2.45, 2.75) is 33.4 Å². The number of hydrogen-bond acceptors (Lipinski definition) is 8. The van der Waals surface area contributed by atoms with Crippen molar-refractivity contribution in [1.82, 2.24) is 16.1 Å². The van der Waals surface area contributed by atoms with Crippen LogP contribution in [0.1, 0.15) is 43.5 Å². The van der Waals surface area contributed by atoms with E-state index in [9.17, 15) is 9.59 Å². The molecule has 4 rings (SSSR count). The number of halogens is 2. The third-order valence-corrected chi connectivity index (χ3v) is 7.23. The number of esters is 1. The number of hydrazone groups is 1. The van der Waals surface area contributed by atoms with E-state index in [4.69, 9.17) is 54.4 Å². The number of allylic oxidation sites excluding steroid dienone is 1. The highest BCUT2D eigenvalue weighted by atomic mass is 35.5. The summed E-state index contributed by atoms with van der Waals surface area (Å²) in [7, 11) is 0. The molecule has 13 heteroatoms. The van der Waals surface area contributed by atoms with Crippen molar-refractivity contribution in [3.63, 3.8) is 0 Å². The normalized spacial score (nSPS) is 14.4. The summed E-state index contributed by atoms with van der Waals surface area (Å²) >= 11 is 17.6. The molecule has 0 unspecified atom stereocenters. The molecule has 0 aliphatic carbocycles. The Bertz CT molecular complexity index is 1630. The van der Waals surface area contributed by atoms with Crippen LogP contribution in [0.3, 0.4) is 0 Å². The van der Waals surface area contributed by atoms with E-state index in [1.165, 1.54) is 6.21 Å². The smallest absolute Gasteiger partial charge is 0.338 e. The molecular weight excluding hydrogens is 639 g/mol. The molecule has 45 heavy (non-hydrogen) atoms. The minimum Gasteiger partial charge on any atom is -0.490 e. The Kier molecular flexibility index (Phi) is 12.0. The van der Waals surface area contributed by atoms with Gasteiger partial charge in [0.15, 0.2) is 23.2 Å². The number of rotatable bonds is 13. The van der Waals surface area contributed by atoms with Crippen LogP contribution in [0, 0.1) is 0 Å². The van der Waals surface area contributed by atoms with E-state index >= 15 is 0 Å². The maximum atomic E-state index is 12.8. The monoisotopic (exact) mass is 670 g/mol. The first-order chi connectivity index (χ1) is 21.7. The van der Waals surface area contributed by atoms with Gasteiger partial charge in [-0.1, -0.05) is 47.5 Å². The van der Waals surface area contributed by atoms with Crippen LogP contribution in [0.25, 0.3) is 0 Å². The zero-order chi connectivity index (χ0) is 32.3. The summed E-state index contributed by atoms with van der Waals surface area (Å²) < 4.78 is 22.8. The molecule has 1 atom stereocenters. The minimum absolute atomic E-state index is 0.218. The number of thiocarbonyl (C=S) groups is 1. The first kappa shape index (κ1) is 33.6. The largest absolute Gasteiger partial charge is 0.490 e. The van der Waals surface area contributed by atoms with Crippen LogP contribution >= 0.6 is 35.4 Å². The van der Waals surface area contributed by atoms with Crippen LogP contribution < -0.4 is 30.3 Å². The molecule has 236 valence electrons. The summed E-state index contributed by atoms with van der Waals surface area (Å²) in [5.41, 5.74) is 5.46. The Hall–Kier alpha value is -4.32. The predicted octanol–water partition coefficient (Wildman–Crippen LogP) is 5.86. The molecule has 0 saturated carbocycles. The van der Waals surface area contributed by atoms with Gasteiger partial charge in [0.2, 0.25) is 0 Å². The van der Waals surface area contributed by atoms with Crippen LogP contribution in [0.15, 0.2) is 77.0 Å². The Labute approximate surface area is 276 Å². The number of nitrogens with one attached hydrogen (secondary N) is 3. The Morgan fingerprint density at radius 2 is 1.78 bits per heavy atom. The quantitative estimate of drug-likeness (QED) is 0.0890. The zero-order valence-electron chi connectivity index (χ0n) is 24.8. The summed E-state index contributed by atoms with van der Waals surface area (Å²) in [6.07, 6.45) is 1.48. The number of carbonyl (C=O) groups is 2. The lowest BCUT2D eigenvalue weighted by atomic mass is 9.95. The van der Waals surface area contributed by atoms with Crippen LogP contribution in [0.2, 0.25) is 10.0 Å². The minimum atomic E-state index is -0.634. The number of hydrogen-bond donors (Lipinski definition) is 3. The summed E-state index contributed by atoms with van der Waals surface area (Å²) in [6, 6.07) is 16.9. The number of ether oxygens (including phenoxy) is 4. The third-order valence-electron chi connectivity index (χ3n) is 6.42. The first-order valence-corrected chi connectivity index (χ1v) is 15.2. The lowest BCUT2D eigenvalue weighted by Crippen LogP contribution is -2.45. The predicted molar refractivity (Wildman–Crippen MR) is 177 cm³/mol. The van der Waals surface area contributed by atoms with Crippen LogP contribution in [-0.4, -0.2) is 43.0 Å². The van der Waals surface area contributed by atoms with Gasteiger partial charge in [0.25, 0.3) is 5.91 Å². The maximum Gasteiger partial charge on any atom is 0.338 e. The Morgan fingerprint density at radius 3 is 2.53 bits per heavy atom. The highest BCUT2D eigenvalue weighted by Gasteiger charge is 2.32. The van der Waals surface area contributed by atoms with Crippen molar-refractivity contribution >= 4 is 58.6 Å². The number of nitrogens with zero attached hydrogens (tertiary/aromatic N) is 1. The summed E-state index contributed by atoms with van der Waals surface area (Å²) in [6.45, 7) is 5.88. The van der Waals surface area contributed by atoms with E-state index in [-0.39, 0.29) is 19.8 Å². The molecule has 3 aromatic carbocycles. The van der Waals surface area contributed by atoms with Crippen LogP contribution in [0.5, 0.6) is 17.2 Å². The summed E-state index contributed by atoms with van der Waals surface area (Å²) in [5, 5.41) is 11.5. The molecule has 10 nitrogen and oxygen atoms in total. The number of para-hydroxylation sites is 1. The molecule has 0 spiro atoms. The van der Waals surface area contributed by atoms with Crippen molar-refractivity contribution in [3.8, 4) is 17.2 Å². The highest BCUT2D eigenvalue weighted by molar-refractivity contribution is 7.80. The van der Waals surface area contributed by atoms with E-state index in [0.717, 1.165) is 5.56 Å². The zero-order valence-corrected chi connectivity index (χ0v) is 27.1. The topological polar surface area (TPSA) is 120 Å². The van der Waals surface area contributed by atoms with E-state index in [2.05, 4.69) is 21.2 Å². The lowest BCUT2D eigenvalue weighted by Gasteiger charge is -2.30. The number of amides is 1. The van der Waals surface area contributed by atoms with Crippen LogP contribution in [-0.2, 0) is 20.9 Å². The molecule has 0 saturated heterocycles. The van der Waals surface area contributed by atoms with Gasteiger partial charge in [0, 0.05) is 26.9 Å². The van der Waals surface area contributed by atoms with Gasteiger partial charge >= 0.3 is 5.97 Å². The molecule has 0 bridgehead atoms. The number of benzene rings is 3. The van der Waals surface area contributed by atoms with Crippen molar-refractivity contribution in [2.24, 2.45) is 5.10 Å². The summed E-state index contributed by atoms with van der Waals surface area (Å²) in [4.78, 5) is 25.4. The van der Waals surface area contributed by atoms with Crippen molar-refractivity contribution in [3.05, 3.63) is 98.7 Å². The second-order valence-electron chi connectivity index (χ2n) is 9.57. The molecule has 0 aromatic heterocycles. The lowest BCUT2D eigenvalue weighted by molar-refractivity contribution is -0.139. The van der Waals surface area contributed by atoms with E-state index in [1.807, 2.05) is 6.92 Å². The van der Waals surface area contributed by atoms with Gasteiger partial charge in [0.1, 0.15) is 12.4 Å². The molecule has 0 radical (unpaired) electrons. The van der Waals surface area contributed by atoms with Gasteiger partial charge in [-0.15, -0.1) is 0 Å². The second-order valence-corrected chi connectivity index (χ2v) is 10.8. The molecule has 0 fully saturated rings.